The quantitative estimate of drug-likeness (QED) is 0.781. The molecule has 0 bridgehead atoms. The summed E-state index contributed by atoms with van der Waals surface area (Å²) in [6, 6.07) is 7.85. The molecule has 1 aliphatic carbocycles. The van der Waals surface area contributed by atoms with Crippen LogP contribution in [0.15, 0.2) is 24.3 Å². The molecule has 0 aromatic heterocycles. The standard InChI is InChI=1S/C17H26N2O2/c1-13(20)19-15-8-6-14(7-9-15)11-18-12-17(2)10-4-3-5-16(17)21/h6-9,16,18,21H,3-5,10-12H2,1-2H3,(H,19,20). The SMILES string of the molecule is CC(=O)Nc1ccc(CNCC2(C)CCCCC2O)cc1. The van der Waals surface area contributed by atoms with Crippen LogP contribution in [-0.4, -0.2) is 23.7 Å². The molecule has 0 radical (unpaired) electrons. The summed E-state index contributed by atoms with van der Waals surface area (Å²) in [4.78, 5) is 11.0. The minimum Gasteiger partial charge on any atom is -0.393 e. The van der Waals surface area contributed by atoms with Crippen LogP contribution in [0.25, 0.3) is 0 Å². The summed E-state index contributed by atoms with van der Waals surface area (Å²) >= 11 is 0. The zero-order chi connectivity index (χ0) is 15.3. The summed E-state index contributed by atoms with van der Waals surface area (Å²) in [5, 5.41) is 16.4. The summed E-state index contributed by atoms with van der Waals surface area (Å²) in [6.45, 7) is 5.29. The van der Waals surface area contributed by atoms with Crippen molar-refractivity contribution in [2.75, 3.05) is 11.9 Å². The van der Waals surface area contributed by atoms with Gasteiger partial charge in [-0.15, -0.1) is 0 Å². The molecule has 1 fully saturated rings. The van der Waals surface area contributed by atoms with Gasteiger partial charge < -0.3 is 15.7 Å². The van der Waals surface area contributed by atoms with E-state index in [0.717, 1.165) is 38.0 Å². The Hall–Kier alpha value is -1.39. The number of nitrogens with one attached hydrogen (secondary N) is 2. The number of amides is 1. The second kappa shape index (κ2) is 7.05. The number of aliphatic hydroxyl groups excluding tert-OH is 1. The largest absolute Gasteiger partial charge is 0.393 e. The molecule has 4 nitrogen and oxygen atoms in total. The zero-order valence-electron chi connectivity index (χ0n) is 13.0. The Morgan fingerprint density at radius 3 is 2.67 bits per heavy atom. The highest BCUT2D eigenvalue weighted by Gasteiger charge is 2.34. The van der Waals surface area contributed by atoms with Gasteiger partial charge in [0.1, 0.15) is 0 Å². The maximum Gasteiger partial charge on any atom is 0.221 e. The highest BCUT2D eigenvalue weighted by Crippen LogP contribution is 2.35. The predicted octanol–water partition coefficient (Wildman–Crippen LogP) is 2.68. The van der Waals surface area contributed by atoms with Gasteiger partial charge in [-0.2, -0.15) is 0 Å². The molecule has 0 heterocycles. The number of carbonyl (C=O) groups excluding carboxylic acids is 1. The lowest BCUT2D eigenvalue weighted by atomic mass is 9.73. The molecule has 0 aliphatic heterocycles. The molecular weight excluding hydrogens is 264 g/mol. The predicted molar refractivity (Wildman–Crippen MR) is 85.0 cm³/mol. The van der Waals surface area contributed by atoms with Gasteiger partial charge in [0.25, 0.3) is 0 Å². The molecule has 0 spiro atoms. The van der Waals surface area contributed by atoms with Crippen molar-refractivity contribution in [1.29, 1.82) is 0 Å². The zero-order valence-corrected chi connectivity index (χ0v) is 13.0. The van der Waals surface area contributed by atoms with E-state index in [2.05, 4.69) is 17.6 Å². The Morgan fingerprint density at radius 2 is 2.05 bits per heavy atom. The van der Waals surface area contributed by atoms with E-state index in [4.69, 9.17) is 0 Å². The molecule has 3 N–H and O–H groups in total. The Kier molecular flexibility index (Phi) is 5.37. The highest BCUT2D eigenvalue weighted by molar-refractivity contribution is 5.88. The fourth-order valence-corrected chi connectivity index (χ4v) is 2.99. The normalized spacial score (nSPS) is 25.6. The highest BCUT2D eigenvalue weighted by atomic mass is 16.3. The van der Waals surface area contributed by atoms with Crippen LogP contribution in [0.4, 0.5) is 5.69 Å². The smallest absolute Gasteiger partial charge is 0.221 e. The van der Waals surface area contributed by atoms with Gasteiger partial charge in [-0.25, -0.2) is 0 Å². The molecule has 1 saturated carbocycles. The van der Waals surface area contributed by atoms with Crippen LogP contribution in [0.3, 0.4) is 0 Å². The van der Waals surface area contributed by atoms with E-state index < -0.39 is 0 Å². The van der Waals surface area contributed by atoms with Crippen LogP contribution in [-0.2, 0) is 11.3 Å². The lowest BCUT2D eigenvalue weighted by Gasteiger charge is -2.38. The van der Waals surface area contributed by atoms with Gasteiger partial charge in [0.15, 0.2) is 0 Å². The van der Waals surface area contributed by atoms with Crippen molar-refractivity contribution in [3.8, 4) is 0 Å². The second-order valence-electron chi connectivity index (χ2n) is 6.40. The third-order valence-electron chi connectivity index (χ3n) is 4.41. The van der Waals surface area contributed by atoms with Gasteiger partial charge in [0.2, 0.25) is 5.91 Å². The Morgan fingerprint density at radius 1 is 1.33 bits per heavy atom. The van der Waals surface area contributed by atoms with Crippen molar-refractivity contribution in [2.45, 2.75) is 52.2 Å². The average Bonchev–Trinajstić information content (AvgIpc) is 2.44. The Labute approximate surface area is 126 Å². The minimum atomic E-state index is -0.194. The van der Waals surface area contributed by atoms with Crippen LogP contribution >= 0.6 is 0 Å². The first-order chi connectivity index (χ1) is 9.99. The van der Waals surface area contributed by atoms with E-state index in [9.17, 15) is 9.90 Å². The van der Waals surface area contributed by atoms with Gasteiger partial charge in [-0.05, 0) is 30.5 Å². The Bertz CT molecular complexity index is 472. The van der Waals surface area contributed by atoms with Crippen LogP contribution in [0.2, 0.25) is 0 Å². The first-order valence-corrected chi connectivity index (χ1v) is 7.75. The van der Waals surface area contributed by atoms with Crippen LogP contribution in [0.5, 0.6) is 0 Å². The number of hydrogen-bond acceptors (Lipinski definition) is 3. The van der Waals surface area contributed by atoms with Gasteiger partial charge in [-0.1, -0.05) is 31.9 Å². The molecule has 2 atom stereocenters. The van der Waals surface area contributed by atoms with Crippen molar-refractivity contribution >= 4 is 11.6 Å². The van der Waals surface area contributed by atoms with Crippen LogP contribution in [0.1, 0.15) is 45.1 Å². The maximum atomic E-state index is 11.0. The van der Waals surface area contributed by atoms with E-state index >= 15 is 0 Å². The van der Waals surface area contributed by atoms with Gasteiger partial charge in [-0.3, -0.25) is 4.79 Å². The molecule has 1 aliphatic rings. The topological polar surface area (TPSA) is 61.4 Å². The summed E-state index contributed by atoms with van der Waals surface area (Å²) < 4.78 is 0. The molecule has 1 aromatic rings. The minimum absolute atomic E-state index is 0.00558. The number of rotatable bonds is 5. The first kappa shape index (κ1) is 16.0. The molecule has 21 heavy (non-hydrogen) atoms. The van der Waals surface area contributed by atoms with Gasteiger partial charge in [0, 0.05) is 31.1 Å². The average molecular weight is 290 g/mol. The van der Waals surface area contributed by atoms with Crippen molar-refractivity contribution in [2.24, 2.45) is 5.41 Å². The molecular formula is C17H26N2O2. The molecule has 2 rings (SSSR count). The summed E-state index contributed by atoms with van der Waals surface area (Å²) in [5.41, 5.74) is 1.99. The fraction of sp³-hybridized carbons (Fsp3) is 0.588. The monoisotopic (exact) mass is 290 g/mol. The van der Waals surface area contributed by atoms with Crippen LogP contribution < -0.4 is 10.6 Å². The number of anilines is 1. The van der Waals surface area contributed by atoms with Crippen molar-refractivity contribution in [3.05, 3.63) is 29.8 Å². The van der Waals surface area contributed by atoms with Crippen LogP contribution in [0, 0.1) is 5.41 Å². The summed E-state index contributed by atoms with van der Waals surface area (Å²) in [6.07, 6.45) is 4.16. The molecule has 116 valence electrons. The van der Waals surface area contributed by atoms with E-state index in [-0.39, 0.29) is 17.4 Å². The first-order valence-electron chi connectivity index (χ1n) is 7.75. The van der Waals surface area contributed by atoms with E-state index in [1.54, 1.807) is 0 Å². The lowest BCUT2D eigenvalue weighted by Crippen LogP contribution is -2.43. The molecule has 4 heteroatoms. The third-order valence-corrected chi connectivity index (χ3v) is 4.41. The van der Waals surface area contributed by atoms with E-state index in [1.165, 1.54) is 18.9 Å². The van der Waals surface area contributed by atoms with Crippen molar-refractivity contribution in [1.82, 2.24) is 5.32 Å². The molecule has 1 amide bonds. The number of benzene rings is 1. The summed E-state index contributed by atoms with van der Waals surface area (Å²) in [5.74, 6) is -0.0555. The van der Waals surface area contributed by atoms with E-state index in [0.29, 0.717) is 0 Å². The molecule has 0 saturated heterocycles. The van der Waals surface area contributed by atoms with Crippen molar-refractivity contribution in [3.63, 3.8) is 0 Å². The molecule has 1 aromatic carbocycles. The second-order valence-corrected chi connectivity index (χ2v) is 6.40. The maximum absolute atomic E-state index is 11.0. The lowest BCUT2D eigenvalue weighted by molar-refractivity contribution is -0.114. The van der Waals surface area contributed by atoms with Gasteiger partial charge in [0.05, 0.1) is 6.10 Å². The number of aliphatic hydroxyl groups is 1. The fourth-order valence-electron chi connectivity index (χ4n) is 2.99. The van der Waals surface area contributed by atoms with E-state index in [1.807, 2.05) is 24.3 Å². The number of carbonyl (C=O) groups is 1. The number of hydrogen-bond donors (Lipinski definition) is 3. The van der Waals surface area contributed by atoms with Crippen molar-refractivity contribution < 1.29 is 9.90 Å². The molecule has 2 unspecified atom stereocenters. The van der Waals surface area contributed by atoms with Gasteiger partial charge >= 0.3 is 0 Å². The third kappa shape index (κ3) is 4.55. The Balaban J connectivity index is 1.81. The summed E-state index contributed by atoms with van der Waals surface area (Å²) in [7, 11) is 0.